The van der Waals surface area contributed by atoms with Crippen molar-refractivity contribution in [2.45, 2.75) is 45.3 Å². The Morgan fingerprint density at radius 2 is 2.12 bits per heavy atom. The van der Waals surface area contributed by atoms with E-state index in [9.17, 15) is 4.79 Å². The lowest BCUT2D eigenvalue weighted by molar-refractivity contribution is 0.235. The average Bonchev–Trinajstić information content (AvgIpc) is 3.14. The fourth-order valence-corrected chi connectivity index (χ4v) is 3.02. The number of nitrogens with zero attached hydrogens (tertiary/aromatic N) is 4. The summed E-state index contributed by atoms with van der Waals surface area (Å²) in [6.07, 6.45) is 9.24. The van der Waals surface area contributed by atoms with Crippen LogP contribution < -0.4 is 15.5 Å². The Morgan fingerprint density at radius 1 is 1.28 bits per heavy atom. The first-order valence-electron chi connectivity index (χ1n) is 8.92. The second kappa shape index (κ2) is 8.50. The van der Waals surface area contributed by atoms with Gasteiger partial charge in [-0.3, -0.25) is 4.68 Å². The Labute approximate surface area is 148 Å². The number of piperidine rings is 1. The first kappa shape index (κ1) is 17.3. The summed E-state index contributed by atoms with van der Waals surface area (Å²) < 4.78 is 1.80. The molecule has 1 saturated heterocycles. The van der Waals surface area contributed by atoms with Crippen molar-refractivity contribution in [3.63, 3.8) is 0 Å². The highest BCUT2D eigenvalue weighted by Gasteiger charge is 2.12. The van der Waals surface area contributed by atoms with Gasteiger partial charge in [-0.1, -0.05) is 6.07 Å². The highest BCUT2D eigenvalue weighted by atomic mass is 16.2. The van der Waals surface area contributed by atoms with Gasteiger partial charge in [0.15, 0.2) is 0 Å². The summed E-state index contributed by atoms with van der Waals surface area (Å²) in [4.78, 5) is 18.8. The molecule has 3 rings (SSSR count). The van der Waals surface area contributed by atoms with Crippen LogP contribution in [0.25, 0.3) is 0 Å². The Balaban J connectivity index is 1.42. The van der Waals surface area contributed by atoms with Crippen LogP contribution in [0.3, 0.4) is 0 Å². The van der Waals surface area contributed by atoms with Gasteiger partial charge in [-0.2, -0.15) is 5.10 Å². The summed E-state index contributed by atoms with van der Waals surface area (Å²) in [7, 11) is 0. The monoisotopic (exact) mass is 342 g/mol. The Kier molecular flexibility index (Phi) is 5.87. The molecule has 2 aromatic heterocycles. The number of carbonyl (C=O) groups is 1. The highest BCUT2D eigenvalue weighted by molar-refractivity contribution is 5.74. The molecule has 1 atom stereocenters. The van der Waals surface area contributed by atoms with Crippen LogP contribution in [0.4, 0.5) is 10.6 Å². The molecule has 1 aliphatic heterocycles. The molecule has 3 heterocycles. The van der Waals surface area contributed by atoms with Crippen molar-refractivity contribution >= 4 is 11.8 Å². The van der Waals surface area contributed by atoms with E-state index in [1.54, 1.807) is 10.9 Å². The standard InChI is InChI=1S/C18H26N6O/c1-15(14-24-11-5-8-21-24)22-18(25)20-13-16-6-7-17(19-12-16)23-9-3-2-4-10-23/h5-8,11-12,15H,2-4,9-10,13-14H2,1H3,(H2,20,22,25)/t15-/m1/s1. The van der Waals surface area contributed by atoms with E-state index in [4.69, 9.17) is 0 Å². The van der Waals surface area contributed by atoms with Crippen molar-refractivity contribution in [2.24, 2.45) is 0 Å². The zero-order chi connectivity index (χ0) is 17.5. The van der Waals surface area contributed by atoms with Gasteiger partial charge in [-0.05, 0) is 43.9 Å². The highest BCUT2D eigenvalue weighted by Crippen LogP contribution is 2.17. The summed E-state index contributed by atoms with van der Waals surface area (Å²) in [6.45, 7) is 5.23. The molecule has 0 bridgehead atoms. The molecular weight excluding hydrogens is 316 g/mol. The van der Waals surface area contributed by atoms with Gasteiger partial charge in [0, 0.05) is 44.3 Å². The first-order valence-corrected chi connectivity index (χ1v) is 8.92. The number of hydrogen-bond donors (Lipinski definition) is 2. The minimum atomic E-state index is -0.181. The largest absolute Gasteiger partial charge is 0.357 e. The minimum absolute atomic E-state index is 0.000461. The Morgan fingerprint density at radius 3 is 2.80 bits per heavy atom. The maximum Gasteiger partial charge on any atom is 0.315 e. The molecule has 2 aromatic rings. The quantitative estimate of drug-likeness (QED) is 0.843. The molecule has 2 N–H and O–H groups in total. The van der Waals surface area contributed by atoms with Crippen molar-refractivity contribution in [3.8, 4) is 0 Å². The van der Waals surface area contributed by atoms with Crippen molar-refractivity contribution in [1.82, 2.24) is 25.4 Å². The van der Waals surface area contributed by atoms with Crippen LogP contribution in [-0.2, 0) is 13.1 Å². The number of anilines is 1. The van der Waals surface area contributed by atoms with Gasteiger partial charge in [-0.25, -0.2) is 9.78 Å². The second-order valence-electron chi connectivity index (χ2n) is 6.53. The van der Waals surface area contributed by atoms with Crippen LogP contribution in [0.15, 0.2) is 36.8 Å². The van der Waals surface area contributed by atoms with Crippen LogP contribution in [0.1, 0.15) is 31.7 Å². The third kappa shape index (κ3) is 5.20. The molecule has 0 aromatic carbocycles. The lowest BCUT2D eigenvalue weighted by atomic mass is 10.1. The minimum Gasteiger partial charge on any atom is -0.357 e. The maximum atomic E-state index is 12.0. The molecule has 0 spiro atoms. The number of urea groups is 1. The number of pyridine rings is 1. The summed E-state index contributed by atoms with van der Waals surface area (Å²) in [5.41, 5.74) is 0.996. The fraction of sp³-hybridized carbons (Fsp3) is 0.500. The van der Waals surface area contributed by atoms with Crippen molar-refractivity contribution < 1.29 is 4.79 Å². The second-order valence-corrected chi connectivity index (χ2v) is 6.53. The van der Waals surface area contributed by atoms with E-state index in [-0.39, 0.29) is 12.1 Å². The predicted molar refractivity (Wildman–Crippen MR) is 97.4 cm³/mol. The summed E-state index contributed by atoms with van der Waals surface area (Å²) in [5, 5.41) is 9.92. The van der Waals surface area contributed by atoms with E-state index in [2.05, 4.69) is 25.6 Å². The van der Waals surface area contributed by atoms with Crippen LogP contribution in [0.5, 0.6) is 0 Å². The van der Waals surface area contributed by atoms with Gasteiger partial charge in [0.25, 0.3) is 0 Å². The molecule has 2 amide bonds. The molecule has 1 fully saturated rings. The Hall–Kier alpha value is -2.57. The van der Waals surface area contributed by atoms with E-state index >= 15 is 0 Å². The van der Waals surface area contributed by atoms with E-state index < -0.39 is 0 Å². The summed E-state index contributed by atoms with van der Waals surface area (Å²) in [6, 6.07) is 5.76. The van der Waals surface area contributed by atoms with E-state index in [0.717, 1.165) is 24.5 Å². The molecule has 0 radical (unpaired) electrons. The van der Waals surface area contributed by atoms with Crippen LogP contribution in [0, 0.1) is 0 Å². The predicted octanol–water partition coefficient (Wildman–Crippen LogP) is 2.16. The fourth-order valence-electron chi connectivity index (χ4n) is 3.02. The number of rotatable bonds is 6. The first-order chi connectivity index (χ1) is 12.2. The molecule has 7 nitrogen and oxygen atoms in total. The Bertz CT molecular complexity index is 649. The number of carbonyl (C=O) groups excluding carboxylic acids is 1. The van der Waals surface area contributed by atoms with Gasteiger partial charge < -0.3 is 15.5 Å². The zero-order valence-corrected chi connectivity index (χ0v) is 14.7. The zero-order valence-electron chi connectivity index (χ0n) is 14.7. The third-order valence-electron chi connectivity index (χ3n) is 4.34. The molecule has 7 heteroatoms. The van der Waals surface area contributed by atoms with Gasteiger partial charge in [0.2, 0.25) is 0 Å². The number of amides is 2. The molecule has 1 aliphatic rings. The molecular formula is C18H26N6O. The molecule has 25 heavy (non-hydrogen) atoms. The van der Waals surface area contributed by atoms with E-state index in [0.29, 0.717) is 13.1 Å². The van der Waals surface area contributed by atoms with Crippen molar-refractivity contribution in [3.05, 3.63) is 42.4 Å². The molecule has 0 saturated carbocycles. The lowest BCUT2D eigenvalue weighted by Gasteiger charge is -2.27. The smallest absolute Gasteiger partial charge is 0.315 e. The normalized spacial score (nSPS) is 15.6. The van der Waals surface area contributed by atoms with Crippen molar-refractivity contribution in [2.75, 3.05) is 18.0 Å². The van der Waals surface area contributed by atoms with Gasteiger partial charge in [0.1, 0.15) is 5.82 Å². The maximum absolute atomic E-state index is 12.0. The summed E-state index contributed by atoms with van der Waals surface area (Å²) in [5.74, 6) is 1.03. The topological polar surface area (TPSA) is 75.1 Å². The number of nitrogens with one attached hydrogen (secondary N) is 2. The molecule has 0 aliphatic carbocycles. The summed E-state index contributed by atoms with van der Waals surface area (Å²) >= 11 is 0. The van der Waals surface area contributed by atoms with Crippen LogP contribution in [0.2, 0.25) is 0 Å². The van der Waals surface area contributed by atoms with Crippen LogP contribution >= 0.6 is 0 Å². The average molecular weight is 342 g/mol. The molecule has 0 unspecified atom stereocenters. The van der Waals surface area contributed by atoms with E-state index in [1.165, 1.54) is 19.3 Å². The van der Waals surface area contributed by atoms with Gasteiger partial charge in [0.05, 0.1) is 6.54 Å². The van der Waals surface area contributed by atoms with Gasteiger partial charge >= 0.3 is 6.03 Å². The molecule has 134 valence electrons. The lowest BCUT2D eigenvalue weighted by Crippen LogP contribution is -2.42. The van der Waals surface area contributed by atoms with Crippen molar-refractivity contribution in [1.29, 1.82) is 0 Å². The number of hydrogen-bond acceptors (Lipinski definition) is 4. The van der Waals surface area contributed by atoms with Crippen LogP contribution in [-0.4, -0.2) is 39.9 Å². The van der Waals surface area contributed by atoms with Gasteiger partial charge in [-0.15, -0.1) is 0 Å². The SMILES string of the molecule is C[C@H](Cn1cccn1)NC(=O)NCc1ccc(N2CCCCC2)nc1. The third-order valence-corrected chi connectivity index (χ3v) is 4.34. The van der Waals surface area contributed by atoms with E-state index in [1.807, 2.05) is 37.5 Å². The number of aromatic nitrogens is 3.